The summed E-state index contributed by atoms with van der Waals surface area (Å²) in [5, 5.41) is 9.46. The molecule has 2 saturated heterocycles. The normalized spacial score (nSPS) is 23.3. The fourth-order valence-electron chi connectivity index (χ4n) is 3.81. The average molecular weight is 361 g/mol. The molecule has 0 amide bonds. The Bertz CT molecular complexity index is 641. The van der Waals surface area contributed by atoms with Gasteiger partial charge in [-0.2, -0.15) is 0 Å². The van der Waals surface area contributed by atoms with Crippen molar-refractivity contribution < 1.29 is 14.6 Å². The van der Waals surface area contributed by atoms with Crippen molar-refractivity contribution in [1.29, 1.82) is 0 Å². The number of carboxylic acid groups (broad SMARTS) is 1. The van der Waals surface area contributed by atoms with E-state index >= 15 is 0 Å². The maximum Gasteiger partial charge on any atom is 0.323 e. The number of rotatable bonds is 5. The summed E-state index contributed by atoms with van der Waals surface area (Å²) in [5.41, 5.74) is 5.14. The lowest BCUT2D eigenvalue weighted by molar-refractivity contribution is -0.150. The highest BCUT2D eigenvalue weighted by molar-refractivity contribution is 5.73. The molecule has 0 aromatic heterocycles. The minimum Gasteiger partial charge on any atom is -0.480 e. The van der Waals surface area contributed by atoms with Crippen molar-refractivity contribution >= 4 is 5.97 Å². The van der Waals surface area contributed by atoms with Gasteiger partial charge in [0.15, 0.2) is 0 Å². The van der Waals surface area contributed by atoms with Gasteiger partial charge >= 0.3 is 5.97 Å². The molecular weight excluding hydrogens is 330 g/mol. The monoisotopic (exact) mass is 361 g/mol. The van der Waals surface area contributed by atoms with Gasteiger partial charge in [0.25, 0.3) is 0 Å². The lowest BCUT2D eigenvalue weighted by Crippen LogP contribution is -2.49. The minimum atomic E-state index is -0.799. The molecular formula is C20H31N3O3. The summed E-state index contributed by atoms with van der Waals surface area (Å²) in [7, 11) is 2.17. The van der Waals surface area contributed by atoms with Crippen LogP contribution in [0, 0.1) is 13.8 Å². The van der Waals surface area contributed by atoms with E-state index in [1.165, 1.54) is 22.3 Å². The number of likely N-dealkylation sites (N-methyl/N-ethyl adjacent to an activating group) is 1. The summed E-state index contributed by atoms with van der Waals surface area (Å²) in [5.74, 6) is -0.799. The molecule has 26 heavy (non-hydrogen) atoms. The Labute approximate surface area is 156 Å². The van der Waals surface area contributed by atoms with E-state index in [0.29, 0.717) is 19.7 Å². The number of hydrogen-bond acceptors (Lipinski definition) is 5. The van der Waals surface area contributed by atoms with Crippen molar-refractivity contribution in [2.45, 2.75) is 33.0 Å². The number of nitrogens with zero attached hydrogens (tertiary/aromatic N) is 3. The molecule has 1 N–H and O–H groups in total. The van der Waals surface area contributed by atoms with Crippen LogP contribution in [0.4, 0.5) is 0 Å². The first-order valence-electron chi connectivity index (χ1n) is 9.48. The van der Waals surface area contributed by atoms with Gasteiger partial charge < -0.3 is 14.7 Å². The zero-order valence-electron chi connectivity index (χ0n) is 16.2. The topological polar surface area (TPSA) is 56.2 Å². The Morgan fingerprint density at radius 1 is 1.08 bits per heavy atom. The van der Waals surface area contributed by atoms with E-state index in [1.54, 1.807) is 0 Å². The molecule has 0 spiro atoms. The average Bonchev–Trinajstić information content (AvgIpc) is 2.61. The van der Waals surface area contributed by atoms with Crippen LogP contribution < -0.4 is 0 Å². The fraction of sp³-hybridized carbons (Fsp3) is 0.650. The molecule has 3 rings (SSSR count). The molecule has 144 valence electrons. The highest BCUT2D eigenvalue weighted by Crippen LogP contribution is 2.22. The third-order valence-corrected chi connectivity index (χ3v) is 5.68. The first kappa shape index (κ1) is 19.3. The number of ether oxygens (including phenoxy) is 1. The minimum absolute atomic E-state index is 0.272. The van der Waals surface area contributed by atoms with Gasteiger partial charge in [-0.3, -0.25) is 14.6 Å². The number of aryl methyl sites for hydroxylation is 2. The first-order chi connectivity index (χ1) is 12.4. The molecule has 0 radical (unpaired) electrons. The third kappa shape index (κ3) is 4.62. The molecule has 2 aliphatic rings. The van der Waals surface area contributed by atoms with Crippen LogP contribution in [0.25, 0.3) is 0 Å². The maximum absolute atomic E-state index is 11.5. The molecule has 0 aliphatic carbocycles. The van der Waals surface area contributed by atoms with Gasteiger partial charge in [0, 0.05) is 45.8 Å². The van der Waals surface area contributed by atoms with Crippen LogP contribution in [-0.2, 0) is 22.6 Å². The molecule has 2 heterocycles. The number of aliphatic carboxylic acids is 1. The summed E-state index contributed by atoms with van der Waals surface area (Å²) in [6.07, 6.45) is 0. The Morgan fingerprint density at radius 2 is 1.73 bits per heavy atom. The first-order valence-corrected chi connectivity index (χ1v) is 9.48. The van der Waals surface area contributed by atoms with E-state index in [1.807, 2.05) is 4.90 Å². The molecule has 1 atom stereocenters. The predicted octanol–water partition coefficient (Wildman–Crippen LogP) is 1.34. The van der Waals surface area contributed by atoms with Crippen molar-refractivity contribution in [3.05, 3.63) is 34.4 Å². The van der Waals surface area contributed by atoms with Gasteiger partial charge in [0.1, 0.15) is 6.04 Å². The van der Waals surface area contributed by atoms with Crippen molar-refractivity contribution in [2.24, 2.45) is 0 Å². The van der Waals surface area contributed by atoms with Gasteiger partial charge in [0.05, 0.1) is 13.2 Å². The standard InChI is InChI=1S/C20H31N3O3/c1-15-10-16(2)18(13-23-8-9-26-14-19(23)20(24)25)11-17(15)12-22-6-4-21(3)5-7-22/h10-11,19H,4-9,12-14H2,1-3H3,(H,24,25)/t19-/m1/s1. The van der Waals surface area contributed by atoms with Gasteiger partial charge in [-0.05, 0) is 43.1 Å². The second-order valence-electron chi connectivity index (χ2n) is 7.68. The van der Waals surface area contributed by atoms with Crippen LogP contribution in [0.15, 0.2) is 12.1 Å². The van der Waals surface area contributed by atoms with Gasteiger partial charge in [-0.15, -0.1) is 0 Å². The quantitative estimate of drug-likeness (QED) is 0.854. The highest BCUT2D eigenvalue weighted by atomic mass is 16.5. The Morgan fingerprint density at radius 3 is 2.38 bits per heavy atom. The van der Waals surface area contributed by atoms with E-state index in [-0.39, 0.29) is 6.61 Å². The summed E-state index contributed by atoms with van der Waals surface area (Å²) in [4.78, 5) is 18.4. The molecule has 1 aromatic carbocycles. The van der Waals surface area contributed by atoms with Crippen LogP contribution in [0.5, 0.6) is 0 Å². The maximum atomic E-state index is 11.5. The predicted molar refractivity (Wildman–Crippen MR) is 101 cm³/mol. The van der Waals surface area contributed by atoms with Gasteiger partial charge in [-0.1, -0.05) is 12.1 Å². The number of hydrogen-bond donors (Lipinski definition) is 1. The molecule has 0 saturated carbocycles. The Balaban J connectivity index is 1.73. The van der Waals surface area contributed by atoms with Crippen LogP contribution in [0.1, 0.15) is 22.3 Å². The summed E-state index contributed by atoms with van der Waals surface area (Å²) < 4.78 is 5.36. The molecule has 2 aliphatic heterocycles. The van der Waals surface area contributed by atoms with Crippen molar-refractivity contribution in [3.63, 3.8) is 0 Å². The number of carbonyl (C=O) groups is 1. The van der Waals surface area contributed by atoms with E-state index in [2.05, 4.69) is 42.8 Å². The molecule has 6 nitrogen and oxygen atoms in total. The number of piperazine rings is 1. The van der Waals surface area contributed by atoms with Crippen LogP contribution >= 0.6 is 0 Å². The van der Waals surface area contributed by atoms with Crippen LogP contribution in [0.3, 0.4) is 0 Å². The molecule has 0 bridgehead atoms. The Hall–Kier alpha value is -1.47. The van der Waals surface area contributed by atoms with Gasteiger partial charge in [0.2, 0.25) is 0 Å². The second-order valence-corrected chi connectivity index (χ2v) is 7.68. The highest BCUT2D eigenvalue weighted by Gasteiger charge is 2.29. The van der Waals surface area contributed by atoms with E-state index in [4.69, 9.17) is 4.74 Å². The zero-order valence-corrected chi connectivity index (χ0v) is 16.2. The number of carboxylic acids is 1. The summed E-state index contributed by atoms with van der Waals surface area (Å²) in [6, 6.07) is 3.99. The third-order valence-electron chi connectivity index (χ3n) is 5.68. The zero-order chi connectivity index (χ0) is 18.7. The molecule has 2 fully saturated rings. The van der Waals surface area contributed by atoms with Crippen molar-refractivity contribution in [3.8, 4) is 0 Å². The fourth-order valence-corrected chi connectivity index (χ4v) is 3.81. The number of benzene rings is 1. The van der Waals surface area contributed by atoms with Gasteiger partial charge in [-0.25, -0.2) is 0 Å². The SMILES string of the molecule is Cc1cc(C)c(CN2CCOC[C@@H]2C(=O)O)cc1CN1CCN(C)CC1. The van der Waals surface area contributed by atoms with Crippen LogP contribution in [-0.4, -0.2) is 84.8 Å². The van der Waals surface area contributed by atoms with E-state index < -0.39 is 12.0 Å². The molecule has 1 aromatic rings. The summed E-state index contributed by atoms with van der Waals surface area (Å²) >= 11 is 0. The van der Waals surface area contributed by atoms with Crippen molar-refractivity contribution in [2.75, 3.05) is 53.0 Å². The lowest BCUT2D eigenvalue weighted by atomic mass is 9.98. The van der Waals surface area contributed by atoms with E-state index in [0.717, 1.165) is 32.7 Å². The van der Waals surface area contributed by atoms with Crippen molar-refractivity contribution in [1.82, 2.24) is 14.7 Å². The molecule has 0 unspecified atom stereocenters. The lowest BCUT2D eigenvalue weighted by Gasteiger charge is -2.34. The second kappa shape index (κ2) is 8.48. The largest absolute Gasteiger partial charge is 0.480 e. The Kier molecular flexibility index (Phi) is 6.29. The van der Waals surface area contributed by atoms with E-state index in [9.17, 15) is 9.90 Å². The summed E-state index contributed by atoms with van der Waals surface area (Å²) in [6.45, 7) is 11.9. The smallest absolute Gasteiger partial charge is 0.323 e. The molecule has 6 heteroatoms. The number of morpholine rings is 1. The van der Waals surface area contributed by atoms with Crippen LogP contribution in [0.2, 0.25) is 0 Å².